The molecule has 0 aromatic heterocycles. The van der Waals surface area contributed by atoms with Crippen molar-refractivity contribution in [3.63, 3.8) is 0 Å². The zero-order valence-corrected chi connectivity index (χ0v) is 11.8. The Hall–Kier alpha value is 0.0200. The fourth-order valence-corrected chi connectivity index (χ4v) is 2.05. The molecule has 0 aromatic rings. The van der Waals surface area contributed by atoms with Gasteiger partial charge in [-0.3, -0.25) is 4.52 Å². The molecule has 0 bridgehead atoms. The minimum Gasteiger partial charge on any atom is -0.387 e. The second-order valence-electron chi connectivity index (χ2n) is 4.03. The van der Waals surface area contributed by atoms with E-state index < -0.39 is 52.3 Å². The molecule has 13 nitrogen and oxygen atoms in total. The van der Waals surface area contributed by atoms with Crippen molar-refractivity contribution in [3.05, 3.63) is 0 Å². The Bertz CT molecular complexity index is 391. The Kier molecular flexibility index (Phi) is 7.53. The number of phosphoric ester groups is 1. The molecule has 1 fully saturated rings. The highest BCUT2D eigenvalue weighted by atomic mass is 31.2. The van der Waals surface area contributed by atoms with Crippen LogP contribution >= 0.6 is 15.6 Å². The van der Waals surface area contributed by atoms with Gasteiger partial charge in [0.05, 0.1) is 0 Å². The van der Waals surface area contributed by atoms with Gasteiger partial charge in [0.15, 0.2) is 0 Å². The van der Waals surface area contributed by atoms with Crippen LogP contribution in [-0.4, -0.2) is 86.6 Å². The molecule has 4 atom stereocenters. The van der Waals surface area contributed by atoms with E-state index in [4.69, 9.17) is 34.1 Å². The molecule has 0 radical (unpaired) electrons. The number of aliphatic hydroxyl groups is 5. The third-order valence-electron chi connectivity index (χ3n) is 2.33. The van der Waals surface area contributed by atoms with Crippen LogP contribution in [0.25, 0.3) is 0 Å². The maximum absolute atomic E-state index is 10.5. The topological polar surface area (TPSA) is 246 Å². The summed E-state index contributed by atoms with van der Waals surface area (Å²) in [5.74, 6) is 0. The monoisotopic (exact) mass is 358 g/mol. The van der Waals surface area contributed by atoms with Crippen molar-refractivity contribution in [1.29, 1.82) is 0 Å². The average molecular weight is 358 g/mol. The van der Waals surface area contributed by atoms with Gasteiger partial charge in [0.2, 0.25) is 0 Å². The fourth-order valence-electron chi connectivity index (χ4n) is 1.48. The molecule has 1 aliphatic rings. The lowest BCUT2D eigenvalue weighted by molar-refractivity contribution is -0.219. The van der Waals surface area contributed by atoms with Gasteiger partial charge in [-0.25, -0.2) is 9.13 Å². The van der Waals surface area contributed by atoms with E-state index in [2.05, 4.69) is 4.52 Å². The highest BCUT2D eigenvalue weighted by Crippen LogP contribution is 2.41. The maximum Gasteiger partial charge on any atom is 0.470 e. The highest BCUT2D eigenvalue weighted by molar-refractivity contribution is 7.46. The molecule has 0 spiro atoms. The molecule has 15 heteroatoms. The summed E-state index contributed by atoms with van der Waals surface area (Å²) in [6.07, 6.45) is -11.3. The van der Waals surface area contributed by atoms with Gasteiger partial charge in [-0.1, -0.05) is 0 Å². The standard InChI is InChI=1S/C6H13O9P.H3O4P/c7-1-2(8)4(10)6(5(11)3(1)9)15-16(12,13)14;1-5(2,3)4/h1-11H,(H2,12,13,14);(H3,1,2,3,4). The first kappa shape index (κ1) is 21.0. The largest absolute Gasteiger partial charge is 0.470 e. The van der Waals surface area contributed by atoms with Crippen molar-refractivity contribution in [3.8, 4) is 0 Å². The Morgan fingerprint density at radius 2 is 0.857 bits per heavy atom. The van der Waals surface area contributed by atoms with Crippen LogP contribution in [0.1, 0.15) is 0 Å². The molecule has 0 heterocycles. The van der Waals surface area contributed by atoms with Crippen molar-refractivity contribution in [1.82, 2.24) is 0 Å². The second-order valence-corrected chi connectivity index (χ2v) is 6.25. The third-order valence-corrected chi connectivity index (χ3v) is 2.85. The van der Waals surface area contributed by atoms with Gasteiger partial charge in [-0.15, -0.1) is 0 Å². The van der Waals surface area contributed by atoms with Crippen LogP contribution in [0, 0.1) is 0 Å². The molecule has 128 valence electrons. The molecule has 0 aromatic carbocycles. The quantitative estimate of drug-likeness (QED) is 0.209. The number of hydrogen-bond donors (Lipinski definition) is 10. The van der Waals surface area contributed by atoms with E-state index in [1.54, 1.807) is 0 Å². The zero-order chi connectivity index (χ0) is 17.2. The summed E-state index contributed by atoms with van der Waals surface area (Å²) in [4.78, 5) is 38.5. The van der Waals surface area contributed by atoms with E-state index in [1.807, 2.05) is 0 Å². The van der Waals surface area contributed by atoms with Gasteiger partial charge in [0, 0.05) is 0 Å². The first-order chi connectivity index (χ1) is 9.15. The Labute approximate surface area is 117 Å². The SMILES string of the molecule is O=P(O)(O)O.O=P(O)(O)OC1C(O)C(O)C(O)C(O)C1O. The second kappa shape index (κ2) is 7.53. The van der Waals surface area contributed by atoms with Crippen molar-refractivity contribution >= 4 is 15.6 Å². The van der Waals surface area contributed by atoms with Crippen molar-refractivity contribution in [2.75, 3.05) is 0 Å². The lowest BCUT2D eigenvalue weighted by Gasteiger charge is -2.41. The lowest BCUT2D eigenvalue weighted by atomic mass is 9.85. The van der Waals surface area contributed by atoms with Gasteiger partial charge < -0.3 is 50.0 Å². The van der Waals surface area contributed by atoms with Crippen LogP contribution in [0.15, 0.2) is 0 Å². The first-order valence-electron chi connectivity index (χ1n) is 5.07. The van der Waals surface area contributed by atoms with Crippen LogP contribution < -0.4 is 0 Å². The Morgan fingerprint density at radius 1 is 0.619 bits per heavy atom. The minimum atomic E-state index is -5.01. The summed E-state index contributed by atoms with van der Waals surface area (Å²) >= 11 is 0. The molecular weight excluding hydrogens is 342 g/mol. The molecule has 1 saturated carbocycles. The van der Waals surface area contributed by atoms with Crippen molar-refractivity contribution in [2.24, 2.45) is 0 Å². The van der Waals surface area contributed by atoms with E-state index in [1.165, 1.54) is 0 Å². The van der Waals surface area contributed by atoms with E-state index in [-0.39, 0.29) is 0 Å². The number of rotatable bonds is 2. The van der Waals surface area contributed by atoms with Crippen LogP contribution in [0.4, 0.5) is 0 Å². The third kappa shape index (κ3) is 7.72. The molecule has 0 aliphatic heterocycles. The van der Waals surface area contributed by atoms with Gasteiger partial charge in [0.1, 0.15) is 36.6 Å². The lowest BCUT2D eigenvalue weighted by Crippen LogP contribution is -2.64. The Morgan fingerprint density at radius 3 is 1.10 bits per heavy atom. The summed E-state index contributed by atoms with van der Waals surface area (Å²) in [6, 6.07) is 0. The summed E-state index contributed by atoms with van der Waals surface area (Å²) < 4.78 is 23.4. The Balaban J connectivity index is 0.000000690. The highest BCUT2D eigenvalue weighted by Gasteiger charge is 2.50. The van der Waals surface area contributed by atoms with Gasteiger partial charge in [0.25, 0.3) is 0 Å². The molecule has 1 aliphatic carbocycles. The van der Waals surface area contributed by atoms with Crippen LogP contribution in [0.5, 0.6) is 0 Å². The van der Waals surface area contributed by atoms with E-state index in [0.29, 0.717) is 0 Å². The molecule has 0 saturated heterocycles. The van der Waals surface area contributed by atoms with Crippen LogP contribution in [0.2, 0.25) is 0 Å². The fraction of sp³-hybridized carbons (Fsp3) is 1.00. The van der Waals surface area contributed by atoms with E-state index in [0.717, 1.165) is 0 Å². The van der Waals surface area contributed by atoms with Gasteiger partial charge >= 0.3 is 15.6 Å². The average Bonchev–Trinajstić information content (AvgIpc) is 2.26. The smallest absolute Gasteiger partial charge is 0.387 e. The van der Waals surface area contributed by atoms with E-state index >= 15 is 0 Å². The number of aliphatic hydroxyl groups excluding tert-OH is 5. The maximum atomic E-state index is 10.5. The number of phosphoric acid groups is 2. The molecule has 10 N–H and O–H groups in total. The van der Waals surface area contributed by atoms with Gasteiger partial charge in [-0.2, -0.15) is 0 Å². The zero-order valence-electron chi connectivity index (χ0n) is 10.1. The minimum absolute atomic E-state index is 1.83. The predicted molar refractivity (Wildman–Crippen MR) is 61.2 cm³/mol. The molecule has 4 unspecified atom stereocenters. The summed E-state index contributed by atoms with van der Waals surface area (Å²) in [5.41, 5.74) is 0. The summed E-state index contributed by atoms with van der Waals surface area (Å²) in [6.45, 7) is 0. The van der Waals surface area contributed by atoms with Crippen molar-refractivity contribution < 1.29 is 63.7 Å². The van der Waals surface area contributed by atoms with Crippen LogP contribution in [-0.2, 0) is 13.7 Å². The number of hydrogen-bond acceptors (Lipinski definition) is 8. The predicted octanol–water partition coefficient (Wildman–Crippen LogP) is -4.65. The molecule has 21 heavy (non-hydrogen) atoms. The normalized spacial score (nSPS) is 37.6. The molecular formula is C6H16O13P2. The van der Waals surface area contributed by atoms with E-state index in [9.17, 15) is 25.0 Å². The van der Waals surface area contributed by atoms with Crippen molar-refractivity contribution in [2.45, 2.75) is 36.6 Å². The molecule has 0 amide bonds. The molecule has 1 rings (SSSR count). The first-order valence-corrected chi connectivity index (χ1v) is 8.17. The summed E-state index contributed by atoms with van der Waals surface area (Å²) in [5, 5.41) is 46.1. The summed E-state index contributed by atoms with van der Waals surface area (Å²) in [7, 11) is -9.64. The van der Waals surface area contributed by atoms with Crippen LogP contribution in [0.3, 0.4) is 0 Å². The van der Waals surface area contributed by atoms with Gasteiger partial charge in [-0.05, 0) is 0 Å².